The van der Waals surface area contributed by atoms with E-state index in [9.17, 15) is 8.78 Å². The van der Waals surface area contributed by atoms with Gasteiger partial charge in [-0.2, -0.15) is 10.4 Å². The molecule has 6 heteroatoms. The number of halogens is 2. The van der Waals surface area contributed by atoms with Crippen molar-refractivity contribution in [1.82, 2.24) is 9.78 Å². The molecule has 0 fully saturated rings. The van der Waals surface area contributed by atoms with E-state index in [0.717, 1.165) is 17.8 Å². The molecule has 0 radical (unpaired) electrons. The van der Waals surface area contributed by atoms with Crippen molar-refractivity contribution in [3.8, 4) is 6.07 Å². The van der Waals surface area contributed by atoms with Gasteiger partial charge in [0.1, 0.15) is 6.07 Å². The van der Waals surface area contributed by atoms with Crippen LogP contribution in [0.3, 0.4) is 0 Å². The monoisotopic (exact) mass is 290 g/mol. The molecule has 0 aliphatic carbocycles. The smallest absolute Gasteiger partial charge is 0.183 e. The Kier molecular flexibility index (Phi) is 4.53. The molecular weight excluding hydrogens is 274 g/mol. The van der Waals surface area contributed by atoms with Crippen molar-refractivity contribution in [1.29, 1.82) is 5.26 Å². The first-order valence-corrected chi connectivity index (χ1v) is 6.66. The molecule has 2 rings (SSSR count). The van der Waals surface area contributed by atoms with E-state index in [4.69, 9.17) is 5.26 Å². The summed E-state index contributed by atoms with van der Waals surface area (Å²) in [5.41, 5.74) is 1.81. The van der Waals surface area contributed by atoms with Crippen LogP contribution in [0, 0.1) is 36.8 Å². The van der Waals surface area contributed by atoms with Crippen LogP contribution in [0.5, 0.6) is 0 Å². The highest BCUT2D eigenvalue weighted by Crippen LogP contribution is 2.20. The molecule has 0 unspecified atom stereocenters. The van der Waals surface area contributed by atoms with E-state index < -0.39 is 11.6 Å². The Morgan fingerprint density at radius 2 is 2.05 bits per heavy atom. The van der Waals surface area contributed by atoms with Gasteiger partial charge in [0.05, 0.1) is 16.9 Å². The van der Waals surface area contributed by atoms with E-state index >= 15 is 0 Å². The third-order valence-electron chi connectivity index (χ3n) is 3.17. The van der Waals surface area contributed by atoms with Gasteiger partial charge in [0.2, 0.25) is 0 Å². The summed E-state index contributed by atoms with van der Waals surface area (Å²) in [7, 11) is 0. The van der Waals surface area contributed by atoms with Crippen LogP contribution < -0.4 is 5.32 Å². The molecule has 0 atom stereocenters. The number of anilines is 1. The van der Waals surface area contributed by atoms with Gasteiger partial charge in [-0.15, -0.1) is 0 Å². The molecule has 0 aliphatic rings. The number of aromatic nitrogens is 2. The fourth-order valence-corrected chi connectivity index (χ4v) is 2.13. The Balaban J connectivity index is 1.91. The average Bonchev–Trinajstić information content (AvgIpc) is 2.77. The molecule has 1 N–H and O–H groups in total. The number of nitrogens with zero attached hydrogens (tertiary/aromatic N) is 3. The molecular formula is C15H16F2N4. The highest BCUT2D eigenvalue weighted by Gasteiger charge is 2.12. The molecule has 4 nitrogen and oxygen atoms in total. The molecule has 2 aromatic rings. The molecule has 0 saturated carbocycles. The first kappa shape index (κ1) is 15.0. The zero-order valence-electron chi connectivity index (χ0n) is 12.0. The van der Waals surface area contributed by atoms with Crippen LogP contribution >= 0.6 is 0 Å². The van der Waals surface area contributed by atoms with Gasteiger partial charge in [-0.25, -0.2) is 8.78 Å². The largest absolute Gasteiger partial charge is 0.383 e. The Labute approximate surface area is 122 Å². The molecule has 1 aromatic carbocycles. The summed E-state index contributed by atoms with van der Waals surface area (Å²) in [6.07, 6.45) is 0.725. The van der Waals surface area contributed by atoms with E-state index in [1.165, 1.54) is 12.1 Å². The standard InChI is InChI=1S/C15H16F2N4/c1-10-8-11(2)21(20-10)7-3-6-19-13-5-4-12(9-18)14(16)15(13)17/h4-5,8,19H,3,6-7H2,1-2H3. The van der Waals surface area contributed by atoms with Crippen molar-refractivity contribution in [2.24, 2.45) is 0 Å². The Morgan fingerprint density at radius 1 is 1.29 bits per heavy atom. The van der Waals surface area contributed by atoms with E-state index in [1.54, 1.807) is 6.07 Å². The first-order valence-electron chi connectivity index (χ1n) is 6.66. The number of benzene rings is 1. The average molecular weight is 290 g/mol. The zero-order valence-corrected chi connectivity index (χ0v) is 12.0. The van der Waals surface area contributed by atoms with Crippen LogP contribution in [0.2, 0.25) is 0 Å². The quantitative estimate of drug-likeness (QED) is 0.861. The lowest BCUT2D eigenvalue weighted by atomic mass is 10.2. The fourth-order valence-electron chi connectivity index (χ4n) is 2.13. The summed E-state index contributed by atoms with van der Waals surface area (Å²) in [5, 5.41) is 15.8. The second-order valence-corrected chi connectivity index (χ2v) is 4.83. The Hall–Kier alpha value is -2.42. The third kappa shape index (κ3) is 3.37. The van der Waals surface area contributed by atoms with Crippen LogP contribution in [-0.2, 0) is 6.54 Å². The minimum Gasteiger partial charge on any atom is -0.383 e. The van der Waals surface area contributed by atoms with Crippen molar-refractivity contribution >= 4 is 5.69 Å². The van der Waals surface area contributed by atoms with Gasteiger partial charge < -0.3 is 5.32 Å². The number of aryl methyl sites for hydroxylation is 3. The number of nitrogens with one attached hydrogen (secondary N) is 1. The maximum absolute atomic E-state index is 13.7. The van der Waals surface area contributed by atoms with Gasteiger partial charge >= 0.3 is 0 Å². The van der Waals surface area contributed by atoms with E-state index in [2.05, 4.69) is 10.4 Å². The van der Waals surface area contributed by atoms with Gasteiger partial charge in [-0.1, -0.05) is 0 Å². The van der Waals surface area contributed by atoms with Crippen LogP contribution in [0.4, 0.5) is 14.5 Å². The van der Waals surface area contributed by atoms with Gasteiger partial charge in [-0.3, -0.25) is 4.68 Å². The molecule has 0 spiro atoms. The molecule has 1 heterocycles. The van der Waals surface area contributed by atoms with E-state index in [0.29, 0.717) is 13.1 Å². The molecule has 0 saturated heterocycles. The lowest BCUT2D eigenvalue weighted by molar-refractivity contribution is 0.507. The van der Waals surface area contributed by atoms with Crippen molar-refractivity contribution in [3.05, 3.63) is 46.8 Å². The maximum Gasteiger partial charge on any atom is 0.183 e. The highest BCUT2D eigenvalue weighted by molar-refractivity contribution is 5.49. The van der Waals surface area contributed by atoms with Gasteiger partial charge in [-0.05, 0) is 38.5 Å². The SMILES string of the molecule is Cc1cc(C)n(CCCNc2ccc(C#N)c(F)c2F)n1. The summed E-state index contributed by atoms with van der Waals surface area (Å²) in [6, 6.07) is 6.24. The minimum atomic E-state index is -1.11. The normalized spacial score (nSPS) is 10.4. The molecule has 110 valence electrons. The van der Waals surface area contributed by atoms with Crippen molar-refractivity contribution in [2.45, 2.75) is 26.8 Å². The highest BCUT2D eigenvalue weighted by atomic mass is 19.2. The summed E-state index contributed by atoms with van der Waals surface area (Å²) in [4.78, 5) is 0. The number of rotatable bonds is 5. The van der Waals surface area contributed by atoms with Gasteiger partial charge in [0.25, 0.3) is 0 Å². The summed E-state index contributed by atoms with van der Waals surface area (Å²) in [6.45, 7) is 5.09. The lowest BCUT2D eigenvalue weighted by Crippen LogP contribution is -2.10. The predicted molar refractivity (Wildman–Crippen MR) is 75.9 cm³/mol. The van der Waals surface area contributed by atoms with Crippen molar-refractivity contribution in [3.63, 3.8) is 0 Å². The fraction of sp³-hybridized carbons (Fsp3) is 0.333. The second-order valence-electron chi connectivity index (χ2n) is 4.83. The van der Waals surface area contributed by atoms with E-state index in [1.807, 2.05) is 24.6 Å². The molecule has 0 aliphatic heterocycles. The van der Waals surface area contributed by atoms with Crippen LogP contribution in [-0.4, -0.2) is 16.3 Å². The first-order chi connectivity index (χ1) is 10.0. The lowest BCUT2D eigenvalue weighted by Gasteiger charge is -2.09. The summed E-state index contributed by atoms with van der Waals surface area (Å²) in [5.74, 6) is -2.12. The molecule has 1 aromatic heterocycles. The van der Waals surface area contributed by atoms with Crippen molar-refractivity contribution < 1.29 is 8.78 Å². The minimum absolute atomic E-state index is 0.0693. The predicted octanol–water partition coefficient (Wildman–Crippen LogP) is 3.15. The maximum atomic E-state index is 13.7. The van der Waals surface area contributed by atoms with Crippen molar-refractivity contribution in [2.75, 3.05) is 11.9 Å². The van der Waals surface area contributed by atoms with Crippen LogP contribution in [0.25, 0.3) is 0 Å². The topological polar surface area (TPSA) is 53.6 Å². The third-order valence-corrected chi connectivity index (χ3v) is 3.17. The summed E-state index contributed by atoms with van der Waals surface area (Å²) < 4.78 is 29.0. The van der Waals surface area contributed by atoms with Gasteiger partial charge in [0, 0.05) is 18.8 Å². The molecule has 0 bridgehead atoms. The number of hydrogen-bond donors (Lipinski definition) is 1. The molecule has 0 amide bonds. The molecule has 21 heavy (non-hydrogen) atoms. The van der Waals surface area contributed by atoms with E-state index in [-0.39, 0.29) is 11.3 Å². The van der Waals surface area contributed by atoms with Crippen LogP contribution in [0.1, 0.15) is 23.4 Å². The Bertz CT molecular complexity index is 686. The van der Waals surface area contributed by atoms with Gasteiger partial charge in [0.15, 0.2) is 11.6 Å². The number of nitriles is 1. The number of hydrogen-bond acceptors (Lipinski definition) is 3. The second kappa shape index (κ2) is 6.35. The zero-order chi connectivity index (χ0) is 15.4. The summed E-state index contributed by atoms with van der Waals surface area (Å²) >= 11 is 0. The Morgan fingerprint density at radius 3 is 2.67 bits per heavy atom. The van der Waals surface area contributed by atoms with Crippen LogP contribution in [0.15, 0.2) is 18.2 Å².